The van der Waals surface area contributed by atoms with Crippen LogP contribution in [0.5, 0.6) is 0 Å². The zero-order valence-electron chi connectivity index (χ0n) is 12.5. The van der Waals surface area contributed by atoms with Gasteiger partial charge in [0.05, 0.1) is 5.52 Å². The Balaban J connectivity index is 1.91. The van der Waals surface area contributed by atoms with Crippen molar-refractivity contribution in [2.24, 2.45) is 0 Å². The fourth-order valence-corrected chi connectivity index (χ4v) is 2.67. The molecule has 0 amide bonds. The van der Waals surface area contributed by atoms with E-state index in [2.05, 4.69) is 48.4 Å². The van der Waals surface area contributed by atoms with E-state index >= 15 is 0 Å². The Morgan fingerprint density at radius 1 is 1.14 bits per heavy atom. The molecule has 0 fully saturated rings. The minimum Gasteiger partial charge on any atom is -0.461 e. The van der Waals surface area contributed by atoms with Crippen LogP contribution in [0.3, 0.4) is 0 Å². The predicted molar refractivity (Wildman–Crippen MR) is 86.3 cm³/mol. The normalized spacial score (nSPS) is 12.7. The highest BCUT2D eigenvalue weighted by atomic mass is 16.3. The van der Waals surface area contributed by atoms with Crippen molar-refractivity contribution in [1.29, 1.82) is 0 Å². The van der Waals surface area contributed by atoms with E-state index in [1.165, 1.54) is 0 Å². The summed E-state index contributed by atoms with van der Waals surface area (Å²) in [7, 11) is 0. The SMILES string of the molecule is CCNC(C)Cc1ccc(-c2cccc3ncccc23)o1. The monoisotopic (exact) mass is 280 g/mol. The number of nitrogens with one attached hydrogen (secondary N) is 1. The second kappa shape index (κ2) is 6.10. The molecule has 0 saturated carbocycles. The highest BCUT2D eigenvalue weighted by Crippen LogP contribution is 2.29. The Hall–Kier alpha value is -2.13. The number of pyridine rings is 1. The van der Waals surface area contributed by atoms with Gasteiger partial charge in [0, 0.05) is 29.6 Å². The highest BCUT2D eigenvalue weighted by Gasteiger charge is 2.10. The fraction of sp³-hybridized carbons (Fsp3) is 0.278. The Kier molecular flexibility index (Phi) is 4.02. The van der Waals surface area contributed by atoms with E-state index in [1.807, 2.05) is 24.4 Å². The number of likely N-dealkylation sites (N-methyl/N-ethyl adjacent to an activating group) is 1. The molecule has 0 radical (unpaired) electrons. The maximum absolute atomic E-state index is 6.03. The third kappa shape index (κ3) is 2.98. The summed E-state index contributed by atoms with van der Waals surface area (Å²) in [6, 6.07) is 14.7. The van der Waals surface area contributed by atoms with Crippen molar-refractivity contribution >= 4 is 10.9 Å². The summed E-state index contributed by atoms with van der Waals surface area (Å²) in [6.07, 6.45) is 2.72. The van der Waals surface area contributed by atoms with Gasteiger partial charge in [-0.1, -0.05) is 25.1 Å². The Bertz CT molecular complexity index is 727. The molecule has 0 saturated heterocycles. The lowest BCUT2D eigenvalue weighted by atomic mass is 10.1. The third-order valence-electron chi connectivity index (χ3n) is 3.63. The Morgan fingerprint density at radius 3 is 2.90 bits per heavy atom. The van der Waals surface area contributed by atoms with Crippen LogP contribution in [-0.2, 0) is 6.42 Å². The standard InChI is InChI=1S/C18H20N2O/c1-3-19-13(2)12-14-9-10-18(21-14)16-6-4-8-17-15(16)7-5-11-20-17/h4-11,13,19H,3,12H2,1-2H3. The lowest BCUT2D eigenvalue weighted by Crippen LogP contribution is -2.27. The molecule has 0 aliphatic heterocycles. The molecule has 1 N–H and O–H groups in total. The number of nitrogens with zero attached hydrogens (tertiary/aromatic N) is 1. The number of aromatic nitrogens is 1. The first-order valence-electron chi connectivity index (χ1n) is 7.44. The smallest absolute Gasteiger partial charge is 0.134 e. The van der Waals surface area contributed by atoms with Gasteiger partial charge in [0.25, 0.3) is 0 Å². The number of benzene rings is 1. The van der Waals surface area contributed by atoms with E-state index < -0.39 is 0 Å². The molecule has 0 aliphatic rings. The van der Waals surface area contributed by atoms with Crippen LogP contribution in [-0.4, -0.2) is 17.6 Å². The maximum Gasteiger partial charge on any atom is 0.134 e. The maximum atomic E-state index is 6.03. The number of fused-ring (bicyclic) bond motifs is 1. The second-order valence-corrected chi connectivity index (χ2v) is 5.30. The van der Waals surface area contributed by atoms with Crippen molar-refractivity contribution < 1.29 is 4.42 Å². The first kappa shape index (κ1) is 13.8. The molecule has 0 bridgehead atoms. The van der Waals surface area contributed by atoms with E-state index in [4.69, 9.17) is 4.42 Å². The van der Waals surface area contributed by atoms with E-state index in [0.717, 1.165) is 41.0 Å². The zero-order chi connectivity index (χ0) is 14.7. The quantitative estimate of drug-likeness (QED) is 0.766. The first-order chi connectivity index (χ1) is 10.3. The van der Waals surface area contributed by atoms with Gasteiger partial charge in [-0.05, 0) is 37.7 Å². The molecule has 0 spiro atoms. The number of rotatable bonds is 5. The lowest BCUT2D eigenvalue weighted by Gasteiger charge is -2.09. The summed E-state index contributed by atoms with van der Waals surface area (Å²) in [5.74, 6) is 1.92. The number of furan rings is 1. The molecule has 1 atom stereocenters. The largest absolute Gasteiger partial charge is 0.461 e. The van der Waals surface area contributed by atoms with Crippen LogP contribution >= 0.6 is 0 Å². The highest BCUT2D eigenvalue weighted by molar-refractivity contribution is 5.93. The topological polar surface area (TPSA) is 38.1 Å². The lowest BCUT2D eigenvalue weighted by molar-refractivity contribution is 0.470. The molecule has 3 aromatic rings. The van der Waals surface area contributed by atoms with E-state index in [9.17, 15) is 0 Å². The molecule has 3 nitrogen and oxygen atoms in total. The molecule has 1 unspecified atom stereocenters. The second-order valence-electron chi connectivity index (χ2n) is 5.30. The molecule has 108 valence electrons. The zero-order valence-corrected chi connectivity index (χ0v) is 12.5. The molecular weight excluding hydrogens is 260 g/mol. The third-order valence-corrected chi connectivity index (χ3v) is 3.63. The van der Waals surface area contributed by atoms with Crippen molar-refractivity contribution in [2.45, 2.75) is 26.3 Å². The summed E-state index contributed by atoms with van der Waals surface area (Å²) in [5.41, 5.74) is 2.09. The molecular formula is C18H20N2O. The molecule has 2 aromatic heterocycles. The molecule has 3 heteroatoms. The molecule has 2 heterocycles. The van der Waals surface area contributed by atoms with Crippen molar-refractivity contribution in [1.82, 2.24) is 10.3 Å². The predicted octanol–water partition coefficient (Wildman–Crippen LogP) is 4.04. The minimum absolute atomic E-state index is 0.420. The van der Waals surface area contributed by atoms with Crippen LogP contribution in [0.2, 0.25) is 0 Å². The summed E-state index contributed by atoms with van der Waals surface area (Å²) in [4.78, 5) is 4.40. The molecule has 3 rings (SSSR count). The van der Waals surface area contributed by atoms with Gasteiger partial charge in [-0.2, -0.15) is 0 Å². The average Bonchev–Trinajstić information content (AvgIpc) is 2.95. The minimum atomic E-state index is 0.420. The Labute approximate surface area is 125 Å². The van der Waals surface area contributed by atoms with Crippen LogP contribution in [0.15, 0.2) is 53.1 Å². The first-order valence-corrected chi connectivity index (χ1v) is 7.44. The van der Waals surface area contributed by atoms with E-state index in [-0.39, 0.29) is 0 Å². The Morgan fingerprint density at radius 2 is 2.05 bits per heavy atom. The van der Waals surface area contributed by atoms with Crippen molar-refractivity contribution in [3.8, 4) is 11.3 Å². The van der Waals surface area contributed by atoms with Gasteiger partial charge in [0.15, 0.2) is 0 Å². The summed E-state index contributed by atoms with van der Waals surface area (Å²) >= 11 is 0. The summed E-state index contributed by atoms with van der Waals surface area (Å²) < 4.78 is 6.03. The molecule has 0 aliphatic carbocycles. The van der Waals surface area contributed by atoms with Gasteiger partial charge >= 0.3 is 0 Å². The van der Waals surface area contributed by atoms with Crippen LogP contribution in [0.25, 0.3) is 22.2 Å². The van der Waals surface area contributed by atoms with Crippen LogP contribution in [0.4, 0.5) is 0 Å². The van der Waals surface area contributed by atoms with Crippen LogP contribution in [0, 0.1) is 0 Å². The van der Waals surface area contributed by atoms with Crippen molar-refractivity contribution in [3.63, 3.8) is 0 Å². The fourth-order valence-electron chi connectivity index (χ4n) is 2.67. The van der Waals surface area contributed by atoms with Gasteiger partial charge in [0.1, 0.15) is 11.5 Å². The van der Waals surface area contributed by atoms with Gasteiger partial charge in [0.2, 0.25) is 0 Å². The molecule has 1 aromatic carbocycles. The van der Waals surface area contributed by atoms with Crippen LogP contribution in [0.1, 0.15) is 19.6 Å². The van der Waals surface area contributed by atoms with Crippen LogP contribution < -0.4 is 5.32 Å². The van der Waals surface area contributed by atoms with Crippen molar-refractivity contribution in [2.75, 3.05) is 6.54 Å². The van der Waals surface area contributed by atoms with Gasteiger partial charge < -0.3 is 9.73 Å². The van der Waals surface area contributed by atoms with Crippen molar-refractivity contribution in [3.05, 3.63) is 54.4 Å². The van der Waals surface area contributed by atoms with Gasteiger partial charge in [-0.3, -0.25) is 4.98 Å². The summed E-state index contributed by atoms with van der Waals surface area (Å²) in [6.45, 7) is 5.27. The number of hydrogen-bond acceptors (Lipinski definition) is 3. The van der Waals surface area contributed by atoms with Gasteiger partial charge in [-0.25, -0.2) is 0 Å². The number of hydrogen-bond donors (Lipinski definition) is 1. The summed E-state index contributed by atoms with van der Waals surface area (Å²) in [5, 5.41) is 4.53. The van der Waals surface area contributed by atoms with E-state index in [1.54, 1.807) is 0 Å². The average molecular weight is 280 g/mol. The van der Waals surface area contributed by atoms with E-state index in [0.29, 0.717) is 6.04 Å². The molecule has 21 heavy (non-hydrogen) atoms. The van der Waals surface area contributed by atoms with Gasteiger partial charge in [-0.15, -0.1) is 0 Å².